The molecule has 2 unspecified atom stereocenters. The van der Waals surface area contributed by atoms with Crippen molar-refractivity contribution in [3.8, 4) is 0 Å². The van der Waals surface area contributed by atoms with Crippen LogP contribution in [0.3, 0.4) is 0 Å². The molecule has 0 bridgehead atoms. The van der Waals surface area contributed by atoms with Gasteiger partial charge in [-0.15, -0.1) is 0 Å². The highest BCUT2D eigenvalue weighted by Gasteiger charge is 2.33. The Hall–Kier alpha value is -1.80. The molecule has 1 saturated carbocycles. The maximum Gasteiger partial charge on any atom is 0.251 e. The van der Waals surface area contributed by atoms with E-state index in [4.69, 9.17) is 11.6 Å². The number of nitrogens with one attached hydrogen (secondary N) is 1. The zero-order valence-corrected chi connectivity index (χ0v) is 12.7. The van der Waals surface area contributed by atoms with E-state index in [1.807, 2.05) is 43.3 Å². The average Bonchev–Trinajstić information content (AvgIpc) is 2.46. The van der Waals surface area contributed by atoms with Crippen molar-refractivity contribution in [3.05, 3.63) is 70.2 Å². The van der Waals surface area contributed by atoms with Crippen LogP contribution in [0.1, 0.15) is 40.2 Å². The molecule has 3 heteroatoms. The van der Waals surface area contributed by atoms with Crippen LogP contribution in [0.15, 0.2) is 48.5 Å². The summed E-state index contributed by atoms with van der Waals surface area (Å²) in [6.45, 7) is 1.96. The zero-order valence-electron chi connectivity index (χ0n) is 12.0. The second-order valence-corrected chi connectivity index (χ2v) is 6.07. The smallest absolute Gasteiger partial charge is 0.251 e. The van der Waals surface area contributed by atoms with Crippen LogP contribution < -0.4 is 5.32 Å². The Labute approximate surface area is 130 Å². The van der Waals surface area contributed by atoms with Crippen LogP contribution in [0.4, 0.5) is 0 Å². The van der Waals surface area contributed by atoms with Crippen molar-refractivity contribution in [2.24, 2.45) is 0 Å². The van der Waals surface area contributed by atoms with E-state index in [2.05, 4.69) is 17.4 Å². The highest BCUT2D eigenvalue weighted by molar-refractivity contribution is 6.30. The van der Waals surface area contributed by atoms with Crippen molar-refractivity contribution >= 4 is 17.5 Å². The molecule has 0 radical (unpaired) electrons. The van der Waals surface area contributed by atoms with E-state index in [-0.39, 0.29) is 11.9 Å². The summed E-state index contributed by atoms with van der Waals surface area (Å²) >= 11 is 5.93. The van der Waals surface area contributed by atoms with E-state index in [1.165, 1.54) is 5.56 Å². The van der Waals surface area contributed by atoms with E-state index in [0.717, 1.165) is 29.0 Å². The SMILES string of the molecule is Cc1ccccc1C(=O)NC1CCC1c1ccc(Cl)cc1. The molecule has 1 amide bonds. The minimum Gasteiger partial charge on any atom is -0.349 e. The number of hydrogen-bond donors (Lipinski definition) is 1. The topological polar surface area (TPSA) is 29.1 Å². The van der Waals surface area contributed by atoms with Crippen LogP contribution in [0.5, 0.6) is 0 Å². The molecule has 0 heterocycles. The van der Waals surface area contributed by atoms with Gasteiger partial charge in [0.1, 0.15) is 0 Å². The normalized spacial score (nSPS) is 20.7. The summed E-state index contributed by atoms with van der Waals surface area (Å²) < 4.78 is 0. The molecule has 2 nitrogen and oxygen atoms in total. The highest BCUT2D eigenvalue weighted by Crippen LogP contribution is 2.37. The van der Waals surface area contributed by atoms with Crippen molar-refractivity contribution in [2.75, 3.05) is 0 Å². The Bertz CT molecular complexity index is 651. The van der Waals surface area contributed by atoms with Gasteiger partial charge in [0.15, 0.2) is 0 Å². The third kappa shape index (κ3) is 2.96. The molecule has 2 aromatic rings. The first-order chi connectivity index (χ1) is 10.1. The fourth-order valence-corrected chi connectivity index (χ4v) is 2.98. The summed E-state index contributed by atoms with van der Waals surface area (Å²) in [4.78, 5) is 12.4. The summed E-state index contributed by atoms with van der Waals surface area (Å²) in [5, 5.41) is 3.91. The number of hydrogen-bond acceptors (Lipinski definition) is 1. The van der Waals surface area contributed by atoms with E-state index < -0.39 is 0 Å². The predicted molar refractivity (Wildman–Crippen MR) is 85.9 cm³/mol. The molecule has 0 spiro atoms. The zero-order chi connectivity index (χ0) is 14.8. The molecule has 1 aliphatic carbocycles. The first-order valence-corrected chi connectivity index (χ1v) is 7.65. The van der Waals surface area contributed by atoms with E-state index in [1.54, 1.807) is 0 Å². The number of amides is 1. The first-order valence-electron chi connectivity index (χ1n) is 7.27. The fourth-order valence-electron chi connectivity index (χ4n) is 2.86. The third-order valence-electron chi connectivity index (χ3n) is 4.28. The minimum atomic E-state index is 0.0248. The average molecular weight is 300 g/mol. The molecule has 0 saturated heterocycles. The lowest BCUT2D eigenvalue weighted by molar-refractivity contribution is 0.0904. The van der Waals surface area contributed by atoms with Gasteiger partial charge in [-0.2, -0.15) is 0 Å². The van der Waals surface area contributed by atoms with Crippen molar-refractivity contribution in [3.63, 3.8) is 0 Å². The number of carbonyl (C=O) groups excluding carboxylic acids is 1. The molecule has 2 atom stereocenters. The van der Waals surface area contributed by atoms with Crippen molar-refractivity contribution in [1.82, 2.24) is 5.32 Å². The van der Waals surface area contributed by atoms with Gasteiger partial charge < -0.3 is 5.32 Å². The van der Waals surface area contributed by atoms with E-state index >= 15 is 0 Å². The molecular formula is C18H18ClNO. The predicted octanol–water partition coefficient (Wildman–Crippen LogP) is 4.32. The summed E-state index contributed by atoms with van der Waals surface area (Å²) in [7, 11) is 0. The van der Waals surface area contributed by atoms with Gasteiger partial charge in [-0.25, -0.2) is 0 Å². The van der Waals surface area contributed by atoms with E-state index in [0.29, 0.717) is 5.92 Å². The van der Waals surface area contributed by atoms with Gasteiger partial charge in [-0.05, 0) is 49.1 Å². The Morgan fingerprint density at radius 1 is 1.10 bits per heavy atom. The Kier molecular flexibility index (Phi) is 3.98. The molecule has 108 valence electrons. The Morgan fingerprint density at radius 2 is 1.81 bits per heavy atom. The van der Waals surface area contributed by atoms with Crippen LogP contribution in [-0.2, 0) is 0 Å². The maximum atomic E-state index is 12.4. The van der Waals surface area contributed by atoms with Crippen LogP contribution >= 0.6 is 11.6 Å². The molecule has 1 N–H and O–H groups in total. The monoisotopic (exact) mass is 299 g/mol. The Balaban J connectivity index is 1.70. The van der Waals surface area contributed by atoms with Gasteiger partial charge in [0.25, 0.3) is 5.91 Å². The van der Waals surface area contributed by atoms with Crippen LogP contribution in [0.25, 0.3) is 0 Å². The van der Waals surface area contributed by atoms with Gasteiger partial charge in [-0.3, -0.25) is 4.79 Å². The molecular weight excluding hydrogens is 282 g/mol. The van der Waals surface area contributed by atoms with Crippen LogP contribution in [0, 0.1) is 6.92 Å². The summed E-state index contributed by atoms with van der Waals surface area (Å²) in [5.74, 6) is 0.423. The minimum absolute atomic E-state index is 0.0248. The lowest BCUT2D eigenvalue weighted by Gasteiger charge is -2.37. The summed E-state index contributed by atoms with van der Waals surface area (Å²) in [6.07, 6.45) is 2.14. The second kappa shape index (κ2) is 5.90. The number of benzene rings is 2. The molecule has 1 fully saturated rings. The number of carbonyl (C=O) groups is 1. The summed E-state index contributed by atoms with van der Waals surface area (Å²) in [6, 6.07) is 15.8. The third-order valence-corrected chi connectivity index (χ3v) is 4.53. The van der Waals surface area contributed by atoms with Gasteiger partial charge in [0.2, 0.25) is 0 Å². The molecule has 0 aliphatic heterocycles. The van der Waals surface area contributed by atoms with Crippen LogP contribution in [-0.4, -0.2) is 11.9 Å². The van der Waals surface area contributed by atoms with E-state index in [9.17, 15) is 4.79 Å². The maximum absolute atomic E-state index is 12.4. The lowest BCUT2D eigenvalue weighted by atomic mass is 9.75. The van der Waals surface area contributed by atoms with Crippen molar-refractivity contribution in [1.29, 1.82) is 0 Å². The molecule has 2 aromatic carbocycles. The molecule has 1 aliphatic rings. The fraction of sp³-hybridized carbons (Fsp3) is 0.278. The van der Waals surface area contributed by atoms with Crippen LogP contribution in [0.2, 0.25) is 5.02 Å². The molecule has 0 aromatic heterocycles. The summed E-state index contributed by atoms with van der Waals surface area (Å²) in [5.41, 5.74) is 3.03. The molecule has 21 heavy (non-hydrogen) atoms. The number of rotatable bonds is 3. The van der Waals surface area contributed by atoms with Gasteiger partial charge >= 0.3 is 0 Å². The van der Waals surface area contributed by atoms with Gasteiger partial charge in [0.05, 0.1) is 0 Å². The quantitative estimate of drug-likeness (QED) is 0.898. The van der Waals surface area contributed by atoms with Crippen molar-refractivity contribution in [2.45, 2.75) is 31.7 Å². The largest absolute Gasteiger partial charge is 0.349 e. The van der Waals surface area contributed by atoms with Gasteiger partial charge in [-0.1, -0.05) is 41.9 Å². The number of halogens is 1. The molecule has 3 rings (SSSR count). The number of aryl methyl sites for hydroxylation is 1. The lowest BCUT2D eigenvalue weighted by Crippen LogP contribution is -2.45. The second-order valence-electron chi connectivity index (χ2n) is 5.63. The highest BCUT2D eigenvalue weighted by atomic mass is 35.5. The van der Waals surface area contributed by atoms with Crippen molar-refractivity contribution < 1.29 is 4.79 Å². The standard InChI is InChI=1S/C18H18ClNO/c1-12-4-2-3-5-15(12)18(21)20-17-11-10-16(17)13-6-8-14(19)9-7-13/h2-9,16-17H,10-11H2,1H3,(H,20,21). The Morgan fingerprint density at radius 3 is 2.43 bits per heavy atom. The first kappa shape index (κ1) is 14.2. The van der Waals surface area contributed by atoms with Gasteiger partial charge in [0, 0.05) is 22.5 Å².